The Morgan fingerprint density at radius 2 is 1.67 bits per heavy atom. The monoisotopic (exact) mass is 432 g/mol. The number of rotatable bonds is 4. The molecule has 3 heterocycles. The van der Waals surface area contributed by atoms with Crippen molar-refractivity contribution in [3.05, 3.63) is 72.6 Å². The van der Waals surface area contributed by atoms with E-state index >= 15 is 0 Å². The fourth-order valence-corrected chi connectivity index (χ4v) is 4.28. The van der Waals surface area contributed by atoms with Crippen molar-refractivity contribution in [3.63, 3.8) is 0 Å². The lowest BCUT2D eigenvalue weighted by atomic mass is 10.0. The quantitative estimate of drug-likeness (QED) is 0.337. The fourth-order valence-electron chi connectivity index (χ4n) is 4.28. The Morgan fingerprint density at radius 3 is 2.48 bits per heavy atom. The number of aromatic nitrogens is 6. The molecule has 0 amide bonds. The molecule has 0 fully saturated rings. The summed E-state index contributed by atoms with van der Waals surface area (Å²) < 4.78 is 0. The molecule has 6 heteroatoms. The highest BCUT2D eigenvalue weighted by atomic mass is 14.9. The lowest BCUT2D eigenvalue weighted by Gasteiger charge is -2.06. The summed E-state index contributed by atoms with van der Waals surface area (Å²) in [6, 6.07) is 16.8. The molecule has 6 aromatic rings. The number of nitrogens with zero attached hydrogens (tertiary/aromatic N) is 4. The topological polar surface area (TPSA) is 83.1 Å². The minimum atomic E-state index is 0.366. The molecule has 6 rings (SSSR count). The molecule has 0 atom stereocenters. The van der Waals surface area contributed by atoms with E-state index in [4.69, 9.17) is 9.97 Å². The zero-order chi connectivity index (χ0) is 22.5. The Morgan fingerprint density at radius 1 is 0.818 bits per heavy atom. The normalized spacial score (nSPS) is 11.9. The average Bonchev–Trinajstić information content (AvgIpc) is 3.50. The third-order valence-electron chi connectivity index (χ3n) is 6.14. The molecule has 3 aromatic carbocycles. The third-order valence-corrected chi connectivity index (χ3v) is 6.14. The van der Waals surface area contributed by atoms with Gasteiger partial charge in [0.05, 0.1) is 28.4 Å². The van der Waals surface area contributed by atoms with Crippen molar-refractivity contribution in [3.8, 4) is 22.6 Å². The van der Waals surface area contributed by atoms with Crippen molar-refractivity contribution in [1.29, 1.82) is 0 Å². The van der Waals surface area contributed by atoms with Gasteiger partial charge in [-0.25, -0.2) is 19.9 Å². The summed E-state index contributed by atoms with van der Waals surface area (Å²) in [6.07, 6.45) is 4.68. The number of hydrogen-bond acceptors (Lipinski definition) is 4. The van der Waals surface area contributed by atoms with E-state index in [-0.39, 0.29) is 0 Å². The average molecular weight is 433 g/mol. The number of nitrogens with one attached hydrogen (secondary N) is 2. The van der Waals surface area contributed by atoms with E-state index in [0.29, 0.717) is 5.92 Å². The number of aromatic amines is 2. The van der Waals surface area contributed by atoms with E-state index < -0.39 is 0 Å². The number of imidazole rings is 2. The summed E-state index contributed by atoms with van der Waals surface area (Å²) in [5.41, 5.74) is 6.09. The number of hydrogen-bond donors (Lipinski definition) is 2. The Bertz CT molecular complexity index is 1640. The number of H-pyrrole nitrogens is 2. The highest BCUT2D eigenvalue weighted by Gasteiger charge is 2.11. The SMILES string of the molecule is CCc1nc2c(ccc3cc(-c4ncc5cc(-c6cnc(C(C)C)[nH]6)ccc5n4)ccc32)[nH]1. The predicted octanol–water partition coefficient (Wildman–Crippen LogP) is 6.40. The standard InChI is InChI=1S/C27H24N6/c1-4-24-30-22-10-6-16-11-18(5-8-20(16)25(22)33-24)27-28-13-19-12-17(7-9-21(19)31-27)23-14-29-26(32-23)15(2)3/h5-15H,4H2,1-3H3,(H,29,32)(H,30,33). The molecule has 33 heavy (non-hydrogen) atoms. The van der Waals surface area contributed by atoms with Gasteiger partial charge in [-0.15, -0.1) is 0 Å². The van der Waals surface area contributed by atoms with Crippen LogP contribution in [-0.4, -0.2) is 29.9 Å². The van der Waals surface area contributed by atoms with Crippen molar-refractivity contribution in [1.82, 2.24) is 29.9 Å². The molecule has 162 valence electrons. The Kier molecular flexibility index (Phi) is 4.47. The van der Waals surface area contributed by atoms with Gasteiger partial charge in [-0.2, -0.15) is 0 Å². The molecule has 0 saturated heterocycles. The summed E-state index contributed by atoms with van der Waals surface area (Å²) in [5, 5.41) is 3.27. The molecule has 0 aliphatic heterocycles. The molecule has 0 bridgehead atoms. The molecule has 0 spiro atoms. The minimum absolute atomic E-state index is 0.366. The zero-order valence-electron chi connectivity index (χ0n) is 18.8. The Labute approximate surface area is 191 Å². The summed E-state index contributed by atoms with van der Waals surface area (Å²) in [5.74, 6) is 3.09. The zero-order valence-corrected chi connectivity index (χ0v) is 18.8. The van der Waals surface area contributed by atoms with Gasteiger partial charge in [-0.1, -0.05) is 45.0 Å². The van der Waals surface area contributed by atoms with E-state index in [9.17, 15) is 0 Å². The van der Waals surface area contributed by atoms with Gasteiger partial charge in [0.25, 0.3) is 0 Å². The molecule has 0 aliphatic carbocycles. The van der Waals surface area contributed by atoms with Crippen LogP contribution in [0.2, 0.25) is 0 Å². The van der Waals surface area contributed by atoms with Crippen LogP contribution in [0.15, 0.2) is 60.9 Å². The van der Waals surface area contributed by atoms with Gasteiger partial charge in [-0.3, -0.25) is 0 Å². The highest BCUT2D eigenvalue weighted by molar-refractivity contribution is 6.05. The highest BCUT2D eigenvalue weighted by Crippen LogP contribution is 2.29. The smallest absolute Gasteiger partial charge is 0.159 e. The van der Waals surface area contributed by atoms with Crippen molar-refractivity contribution in [2.24, 2.45) is 0 Å². The maximum atomic E-state index is 4.84. The summed E-state index contributed by atoms with van der Waals surface area (Å²) in [7, 11) is 0. The van der Waals surface area contributed by atoms with Crippen LogP contribution >= 0.6 is 0 Å². The Balaban J connectivity index is 1.38. The van der Waals surface area contributed by atoms with E-state index in [1.165, 1.54) is 0 Å². The van der Waals surface area contributed by atoms with Crippen LogP contribution in [-0.2, 0) is 6.42 Å². The van der Waals surface area contributed by atoms with Gasteiger partial charge in [0, 0.05) is 40.4 Å². The molecular weight excluding hydrogens is 408 g/mol. The summed E-state index contributed by atoms with van der Waals surface area (Å²) in [6.45, 7) is 6.37. The first-order chi connectivity index (χ1) is 16.1. The van der Waals surface area contributed by atoms with Crippen molar-refractivity contribution < 1.29 is 0 Å². The molecule has 0 saturated carbocycles. The maximum absolute atomic E-state index is 4.84. The van der Waals surface area contributed by atoms with Gasteiger partial charge in [-0.05, 0) is 29.7 Å². The second kappa shape index (κ2) is 7.52. The third kappa shape index (κ3) is 3.35. The van der Waals surface area contributed by atoms with Gasteiger partial charge in [0.1, 0.15) is 11.6 Å². The molecule has 0 aliphatic rings. The largest absolute Gasteiger partial charge is 0.342 e. The number of fused-ring (bicyclic) bond motifs is 4. The summed E-state index contributed by atoms with van der Waals surface area (Å²) in [4.78, 5) is 25.5. The van der Waals surface area contributed by atoms with E-state index in [0.717, 1.165) is 73.4 Å². The first-order valence-corrected chi connectivity index (χ1v) is 11.3. The van der Waals surface area contributed by atoms with Gasteiger partial charge < -0.3 is 9.97 Å². The fraction of sp³-hybridized carbons (Fsp3) is 0.185. The first kappa shape index (κ1) is 19.6. The second-order valence-corrected chi connectivity index (χ2v) is 8.74. The van der Waals surface area contributed by atoms with E-state index in [2.05, 4.69) is 83.2 Å². The van der Waals surface area contributed by atoms with Crippen LogP contribution in [0.4, 0.5) is 0 Å². The molecule has 6 nitrogen and oxygen atoms in total. The number of aryl methyl sites for hydroxylation is 1. The molecular formula is C27H24N6. The maximum Gasteiger partial charge on any atom is 0.159 e. The van der Waals surface area contributed by atoms with Crippen LogP contribution < -0.4 is 0 Å². The van der Waals surface area contributed by atoms with E-state index in [1.807, 2.05) is 18.5 Å². The molecule has 0 radical (unpaired) electrons. The molecule has 2 N–H and O–H groups in total. The van der Waals surface area contributed by atoms with Gasteiger partial charge >= 0.3 is 0 Å². The van der Waals surface area contributed by atoms with Crippen LogP contribution in [0.1, 0.15) is 38.3 Å². The number of benzene rings is 3. The van der Waals surface area contributed by atoms with Crippen LogP contribution in [0.25, 0.3) is 55.4 Å². The van der Waals surface area contributed by atoms with Crippen molar-refractivity contribution >= 4 is 32.7 Å². The predicted molar refractivity (Wildman–Crippen MR) is 133 cm³/mol. The molecule has 0 unspecified atom stereocenters. The minimum Gasteiger partial charge on any atom is -0.342 e. The van der Waals surface area contributed by atoms with Gasteiger partial charge in [0.2, 0.25) is 0 Å². The van der Waals surface area contributed by atoms with Crippen LogP contribution in [0.3, 0.4) is 0 Å². The van der Waals surface area contributed by atoms with Crippen LogP contribution in [0, 0.1) is 0 Å². The molecule has 3 aromatic heterocycles. The van der Waals surface area contributed by atoms with E-state index in [1.54, 1.807) is 0 Å². The summed E-state index contributed by atoms with van der Waals surface area (Å²) >= 11 is 0. The lowest BCUT2D eigenvalue weighted by Crippen LogP contribution is -1.91. The van der Waals surface area contributed by atoms with Gasteiger partial charge in [0.15, 0.2) is 5.82 Å². The lowest BCUT2D eigenvalue weighted by molar-refractivity contribution is 0.795. The van der Waals surface area contributed by atoms with Crippen LogP contribution in [0.5, 0.6) is 0 Å². The second-order valence-electron chi connectivity index (χ2n) is 8.74. The van der Waals surface area contributed by atoms with Crippen molar-refractivity contribution in [2.75, 3.05) is 0 Å². The first-order valence-electron chi connectivity index (χ1n) is 11.3. The van der Waals surface area contributed by atoms with Crippen molar-refractivity contribution in [2.45, 2.75) is 33.1 Å². The Hall–Kier alpha value is -4.06.